The van der Waals surface area contributed by atoms with E-state index in [4.69, 9.17) is 0 Å². The molecule has 0 spiro atoms. The van der Waals surface area contributed by atoms with Gasteiger partial charge in [-0.3, -0.25) is 4.98 Å². The number of hydrogen-bond donors (Lipinski definition) is 2. The molecule has 0 amide bonds. The standard InChI is InChI=1S/C21H26N4O2S/c26-28(27,25-9-14-1-2-14)13-15-3-5-16(6-4-15)19-12-22-10-17-11-24-21-18(20(17)19)7-8-23-21/h7-8,10-12,14-16,25H,1-6,9,13H2,(H,23,24). The van der Waals surface area contributed by atoms with Crippen LogP contribution in [-0.2, 0) is 10.0 Å². The number of aromatic amines is 1. The van der Waals surface area contributed by atoms with Crippen molar-refractivity contribution in [2.45, 2.75) is 44.4 Å². The van der Waals surface area contributed by atoms with Crippen LogP contribution in [0.4, 0.5) is 0 Å². The molecule has 7 heteroatoms. The highest BCUT2D eigenvalue weighted by atomic mass is 32.2. The minimum atomic E-state index is -3.15. The van der Waals surface area contributed by atoms with E-state index in [9.17, 15) is 8.42 Å². The molecule has 3 aromatic heterocycles. The molecule has 148 valence electrons. The number of aromatic nitrogens is 3. The number of pyridine rings is 2. The predicted octanol–water partition coefficient (Wildman–Crippen LogP) is 3.71. The van der Waals surface area contributed by atoms with Crippen LogP contribution in [0.25, 0.3) is 21.8 Å². The van der Waals surface area contributed by atoms with Crippen molar-refractivity contribution in [3.8, 4) is 0 Å². The summed E-state index contributed by atoms with van der Waals surface area (Å²) in [6.07, 6.45) is 13.9. The van der Waals surface area contributed by atoms with Gasteiger partial charge in [-0.15, -0.1) is 0 Å². The minimum Gasteiger partial charge on any atom is -0.346 e. The molecular formula is C21H26N4O2S. The molecule has 2 aliphatic rings. The Morgan fingerprint density at radius 1 is 1.04 bits per heavy atom. The van der Waals surface area contributed by atoms with Gasteiger partial charge >= 0.3 is 0 Å². The van der Waals surface area contributed by atoms with E-state index in [1.165, 1.54) is 10.9 Å². The average Bonchev–Trinajstić information content (AvgIpc) is 3.41. The minimum absolute atomic E-state index is 0.254. The first-order valence-electron chi connectivity index (χ1n) is 10.3. The van der Waals surface area contributed by atoms with E-state index in [1.54, 1.807) is 0 Å². The molecule has 0 aliphatic heterocycles. The molecule has 0 radical (unpaired) electrons. The molecule has 0 aromatic carbocycles. The Labute approximate surface area is 165 Å². The molecule has 0 atom stereocenters. The molecule has 0 unspecified atom stereocenters. The van der Waals surface area contributed by atoms with Gasteiger partial charge in [0.2, 0.25) is 10.0 Å². The van der Waals surface area contributed by atoms with Crippen molar-refractivity contribution in [3.05, 3.63) is 36.4 Å². The van der Waals surface area contributed by atoms with E-state index >= 15 is 0 Å². The summed E-state index contributed by atoms with van der Waals surface area (Å²) in [5, 5.41) is 3.45. The van der Waals surface area contributed by atoms with Crippen LogP contribution in [0, 0.1) is 11.8 Å². The zero-order chi connectivity index (χ0) is 19.1. The smallest absolute Gasteiger partial charge is 0.211 e. The first kappa shape index (κ1) is 18.1. The normalized spacial score (nSPS) is 23.4. The number of nitrogens with zero attached hydrogens (tertiary/aromatic N) is 2. The van der Waals surface area contributed by atoms with E-state index < -0.39 is 10.0 Å². The molecule has 2 aliphatic carbocycles. The Morgan fingerprint density at radius 3 is 2.61 bits per heavy atom. The molecule has 2 saturated carbocycles. The van der Waals surface area contributed by atoms with Crippen molar-refractivity contribution in [3.63, 3.8) is 0 Å². The van der Waals surface area contributed by atoms with Crippen LogP contribution in [0.2, 0.25) is 0 Å². The fourth-order valence-corrected chi connectivity index (χ4v) is 6.15. The summed E-state index contributed by atoms with van der Waals surface area (Å²) < 4.78 is 27.5. The van der Waals surface area contributed by atoms with Crippen LogP contribution in [0.15, 0.2) is 30.9 Å². The van der Waals surface area contributed by atoms with Gasteiger partial charge in [0.15, 0.2) is 0 Å². The maximum Gasteiger partial charge on any atom is 0.211 e. The van der Waals surface area contributed by atoms with Crippen LogP contribution >= 0.6 is 0 Å². The summed E-state index contributed by atoms with van der Waals surface area (Å²) in [7, 11) is -3.15. The van der Waals surface area contributed by atoms with Gasteiger partial charge in [0.05, 0.1) is 5.75 Å². The monoisotopic (exact) mass is 398 g/mol. The molecule has 0 bridgehead atoms. The van der Waals surface area contributed by atoms with Gasteiger partial charge in [-0.05, 0) is 67.9 Å². The molecular weight excluding hydrogens is 372 g/mol. The third-order valence-electron chi connectivity index (χ3n) is 6.36. The topological polar surface area (TPSA) is 87.7 Å². The Hall–Kier alpha value is -1.99. The first-order valence-corrected chi connectivity index (χ1v) is 11.9. The largest absolute Gasteiger partial charge is 0.346 e. The fourth-order valence-electron chi connectivity index (χ4n) is 4.59. The number of fused-ring (bicyclic) bond motifs is 3. The fraction of sp³-hybridized carbons (Fsp3) is 0.524. The van der Waals surface area contributed by atoms with E-state index in [1.807, 2.05) is 24.8 Å². The second-order valence-electron chi connectivity index (χ2n) is 8.48. The Morgan fingerprint density at radius 2 is 1.82 bits per heavy atom. The van der Waals surface area contributed by atoms with Gasteiger partial charge in [-0.25, -0.2) is 18.1 Å². The van der Waals surface area contributed by atoms with Crippen molar-refractivity contribution in [1.29, 1.82) is 0 Å². The molecule has 0 saturated heterocycles. The van der Waals surface area contributed by atoms with Gasteiger partial charge < -0.3 is 4.98 Å². The quantitative estimate of drug-likeness (QED) is 0.662. The SMILES string of the molecule is O=S(=O)(CC1CCC(c2cncc3cnc4[nH]ccc4c23)CC1)NCC1CC1. The molecule has 2 N–H and O–H groups in total. The van der Waals surface area contributed by atoms with Crippen molar-refractivity contribution >= 4 is 31.8 Å². The van der Waals surface area contributed by atoms with Gasteiger partial charge in [-0.2, -0.15) is 0 Å². The van der Waals surface area contributed by atoms with Crippen molar-refractivity contribution in [1.82, 2.24) is 19.7 Å². The number of sulfonamides is 1. The molecule has 28 heavy (non-hydrogen) atoms. The molecule has 5 rings (SSSR count). The molecule has 6 nitrogen and oxygen atoms in total. The lowest BCUT2D eigenvalue weighted by atomic mass is 9.78. The third-order valence-corrected chi connectivity index (χ3v) is 7.88. The van der Waals surface area contributed by atoms with E-state index in [-0.39, 0.29) is 11.7 Å². The highest BCUT2D eigenvalue weighted by Crippen LogP contribution is 2.40. The highest BCUT2D eigenvalue weighted by Gasteiger charge is 2.29. The highest BCUT2D eigenvalue weighted by molar-refractivity contribution is 7.89. The molecule has 3 heterocycles. The van der Waals surface area contributed by atoms with Crippen LogP contribution < -0.4 is 4.72 Å². The van der Waals surface area contributed by atoms with Gasteiger partial charge in [-0.1, -0.05) is 0 Å². The summed E-state index contributed by atoms with van der Waals surface area (Å²) in [5.41, 5.74) is 2.18. The lowest BCUT2D eigenvalue weighted by molar-refractivity contribution is 0.348. The molecule has 2 fully saturated rings. The predicted molar refractivity (Wildman–Crippen MR) is 111 cm³/mol. The maximum atomic E-state index is 12.3. The van der Waals surface area contributed by atoms with E-state index in [0.29, 0.717) is 18.4 Å². The van der Waals surface area contributed by atoms with E-state index in [0.717, 1.165) is 54.9 Å². The second kappa shape index (κ2) is 7.12. The Kier molecular flexibility index (Phi) is 4.59. The summed E-state index contributed by atoms with van der Waals surface area (Å²) in [6.45, 7) is 0.625. The van der Waals surface area contributed by atoms with Crippen molar-refractivity contribution in [2.24, 2.45) is 11.8 Å². The zero-order valence-corrected chi connectivity index (χ0v) is 16.7. The van der Waals surface area contributed by atoms with Gasteiger partial charge in [0, 0.05) is 47.5 Å². The van der Waals surface area contributed by atoms with Crippen LogP contribution in [-0.4, -0.2) is 35.7 Å². The number of H-pyrrole nitrogens is 1. The summed E-state index contributed by atoms with van der Waals surface area (Å²) >= 11 is 0. The first-order chi connectivity index (χ1) is 13.6. The van der Waals surface area contributed by atoms with E-state index in [2.05, 4.69) is 25.7 Å². The summed E-state index contributed by atoms with van der Waals surface area (Å²) in [4.78, 5) is 12.1. The lowest BCUT2D eigenvalue weighted by Crippen LogP contribution is -2.32. The zero-order valence-electron chi connectivity index (χ0n) is 15.9. The Balaban J connectivity index is 1.31. The molecule has 3 aromatic rings. The van der Waals surface area contributed by atoms with Gasteiger partial charge in [0.25, 0.3) is 0 Å². The van der Waals surface area contributed by atoms with Crippen molar-refractivity contribution < 1.29 is 8.42 Å². The number of hydrogen-bond acceptors (Lipinski definition) is 4. The second-order valence-corrected chi connectivity index (χ2v) is 10.3. The van der Waals surface area contributed by atoms with Crippen LogP contribution in [0.3, 0.4) is 0 Å². The van der Waals surface area contributed by atoms with Crippen LogP contribution in [0.1, 0.15) is 50.0 Å². The summed E-state index contributed by atoms with van der Waals surface area (Å²) in [5.74, 6) is 1.52. The maximum absolute atomic E-state index is 12.3. The average molecular weight is 399 g/mol. The number of nitrogens with one attached hydrogen (secondary N) is 2. The lowest BCUT2D eigenvalue weighted by Gasteiger charge is -2.29. The van der Waals surface area contributed by atoms with Gasteiger partial charge in [0.1, 0.15) is 5.65 Å². The van der Waals surface area contributed by atoms with Crippen LogP contribution in [0.5, 0.6) is 0 Å². The number of rotatable bonds is 6. The summed E-state index contributed by atoms with van der Waals surface area (Å²) in [6, 6.07) is 2.08. The van der Waals surface area contributed by atoms with Crippen molar-refractivity contribution in [2.75, 3.05) is 12.3 Å². The third kappa shape index (κ3) is 3.65. The Bertz CT molecular complexity index is 1100.